The fourth-order valence-corrected chi connectivity index (χ4v) is 2.58. The zero-order valence-electron chi connectivity index (χ0n) is 12.6. The Morgan fingerprint density at radius 1 is 1.38 bits per heavy atom. The second-order valence-corrected chi connectivity index (χ2v) is 5.46. The summed E-state index contributed by atoms with van der Waals surface area (Å²) >= 11 is 0. The van der Waals surface area contributed by atoms with Crippen LogP contribution in [0.5, 0.6) is 5.88 Å². The van der Waals surface area contributed by atoms with Crippen LogP contribution in [-0.4, -0.2) is 39.3 Å². The third-order valence-electron chi connectivity index (χ3n) is 3.66. The molecule has 1 atom stereocenters. The summed E-state index contributed by atoms with van der Waals surface area (Å²) in [5.74, 6) is 0.122. The molecule has 0 bridgehead atoms. The lowest BCUT2D eigenvalue weighted by molar-refractivity contribution is -0.154. The highest BCUT2D eigenvalue weighted by Crippen LogP contribution is 2.21. The van der Waals surface area contributed by atoms with Crippen LogP contribution in [0.25, 0.3) is 0 Å². The number of hydrogen-bond acceptors (Lipinski definition) is 4. The number of fused-ring (bicyclic) bond motifs is 1. The molecule has 0 saturated carbocycles. The Morgan fingerprint density at radius 3 is 3.00 bits per heavy atom. The van der Waals surface area contributed by atoms with E-state index in [1.54, 1.807) is 6.20 Å². The molecule has 6 nitrogen and oxygen atoms in total. The van der Waals surface area contributed by atoms with Crippen molar-refractivity contribution in [2.45, 2.75) is 31.6 Å². The monoisotopic (exact) mass is 340 g/mol. The molecule has 1 aliphatic heterocycles. The van der Waals surface area contributed by atoms with Crippen molar-refractivity contribution in [3.63, 3.8) is 0 Å². The van der Waals surface area contributed by atoms with E-state index in [2.05, 4.69) is 20.0 Å². The van der Waals surface area contributed by atoms with Crippen molar-refractivity contribution in [3.8, 4) is 5.88 Å². The van der Waals surface area contributed by atoms with Gasteiger partial charge in [0.25, 0.3) is 5.91 Å². The van der Waals surface area contributed by atoms with Gasteiger partial charge in [-0.25, -0.2) is 9.97 Å². The second kappa shape index (κ2) is 6.50. The summed E-state index contributed by atoms with van der Waals surface area (Å²) in [6.07, 6.45) is 1.75. The molecule has 0 saturated heterocycles. The van der Waals surface area contributed by atoms with Gasteiger partial charge in [0.2, 0.25) is 5.88 Å². The van der Waals surface area contributed by atoms with Crippen LogP contribution in [0.3, 0.4) is 0 Å². The second-order valence-electron chi connectivity index (χ2n) is 5.46. The van der Waals surface area contributed by atoms with Gasteiger partial charge in [-0.2, -0.15) is 13.2 Å². The van der Waals surface area contributed by atoms with Crippen LogP contribution >= 0.6 is 0 Å². The lowest BCUT2D eigenvalue weighted by Crippen LogP contribution is -2.41. The quantitative estimate of drug-likeness (QED) is 0.924. The predicted molar refractivity (Wildman–Crippen MR) is 77.6 cm³/mol. The minimum absolute atomic E-state index is 0.0156. The number of ether oxygens (including phenoxy) is 1. The molecule has 0 aromatic carbocycles. The van der Waals surface area contributed by atoms with Crippen molar-refractivity contribution in [2.75, 3.05) is 6.61 Å². The average molecular weight is 340 g/mol. The Labute approximate surface area is 135 Å². The van der Waals surface area contributed by atoms with Crippen LogP contribution < -0.4 is 10.1 Å². The normalized spacial score (nSPS) is 17.2. The molecule has 0 aliphatic carbocycles. The number of amides is 1. The van der Waals surface area contributed by atoms with Gasteiger partial charge in [0.05, 0.1) is 0 Å². The number of pyridine rings is 1. The van der Waals surface area contributed by atoms with E-state index in [1.165, 1.54) is 18.3 Å². The molecule has 3 heterocycles. The molecule has 1 N–H and O–H groups in total. The van der Waals surface area contributed by atoms with Gasteiger partial charge < -0.3 is 14.6 Å². The smallest absolute Gasteiger partial charge is 0.422 e. The van der Waals surface area contributed by atoms with Crippen molar-refractivity contribution < 1.29 is 22.7 Å². The summed E-state index contributed by atoms with van der Waals surface area (Å²) in [4.78, 5) is 20.3. The Balaban J connectivity index is 1.67. The van der Waals surface area contributed by atoms with Gasteiger partial charge in [-0.05, 0) is 18.6 Å². The maximum Gasteiger partial charge on any atom is 0.422 e. The number of halogens is 3. The zero-order chi connectivity index (χ0) is 17.2. The summed E-state index contributed by atoms with van der Waals surface area (Å²) in [6.45, 7) is -0.924. The molecule has 0 spiro atoms. The summed E-state index contributed by atoms with van der Waals surface area (Å²) in [6, 6.07) is 2.74. The largest absolute Gasteiger partial charge is 0.467 e. The highest BCUT2D eigenvalue weighted by Gasteiger charge is 2.30. The summed E-state index contributed by atoms with van der Waals surface area (Å²) in [5.41, 5.74) is -0.0156. The Bertz CT molecular complexity index is 730. The highest BCUT2D eigenvalue weighted by atomic mass is 19.4. The highest BCUT2D eigenvalue weighted by molar-refractivity contribution is 5.96. The topological polar surface area (TPSA) is 69.0 Å². The lowest BCUT2D eigenvalue weighted by atomic mass is 10.1. The number of aryl methyl sites for hydroxylation is 1. The molecule has 128 valence electrons. The van der Waals surface area contributed by atoms with E-state index in [0.717, 1.165) is 12.2 Å². The molecule has 2 aromatic heterocycles. The first-order chi connectivity index (χ1) is 11.4. The molecular weight excluding hydrogens is 325 g/mol. The number of nitrogens with one attached hydrogen (secondary N) is 1. The SMILES string of the molecule is O=C(NC1CCc2nccn2C1)c1cccnc1OCC(F)(F)F. The molecule has 9 heteroatoms. The van der Waals surface area contributed by atoms with E-state index in [1.807, 2.05) is 10.8 Å². The van der Waals surface area contributed by atoms with E-state index in [-0.39, 0.29) is 17.5 Å². The Kier molecular flexibility index (Phi) is 4.41. The predicted octanol–water partition coefficient (Wildman–Crippen LogP) is 1.96. The van der Waals surface area contributed by atoms with Crippen molar-refractivity contribution in [2.24, 2.45) is 0 Å². The number of rotatable bonds is 4. The van der Waals surface area contributed by atoms with Gasteiger partial charge in [0, 0.05) is 37.6 Å². The first-order valence-electron chi connectivity index (χ1n) is 7.38. The van der Waals surface area contributed by atoms with Gasteiger partial charge in [-0.3, -0.25) is 4.79 Å². The maximum absolute atomic E-state index is 12.4. The Hall–Kier alpha value is -2.58. The maximum atomic E-state index is 12.4. The lowest BCUT2D eigenvalue weighted by Gasteiger charge is -2.25. The van der Waals surface area contributed by atoms with Crippen molar-refractivity contribution in [1.29, 1.82) is 0 Å². The molecule has 0 fully saturated rings. The first-order valence-corrected chi connectivity index (χ1v) is 7.38. The van der Waals surface area contributed by atoms with Gasteiger partial charge in [-0.1, -0.05) is 0 Å². The molecule has 0 radical (unpaired) electrons. The van der Waals surface area contributed by atoms with Gasteiger partial charge in [0.1, 0.15) is 11.4 Å². The van der Waals surface area contributed by atoms with E-state index in [9.17, 15) is 18.0 Å². The minimum Gasteiger partial charge on any atom is -0.467 e. The van der Waals surface area contributed by atoms with Gasteiger partial charge in [-0.15, -0.1) is 0 Å². The first kappa shape index (κ1) is 16.3. The number of carbonyl (C=O) groups is 1. The van der Waals surface area contributed by atoms with Crippen molar-refractivity contribution in [3.05, 3.63) is 42.1 Å². The summed E-state index contributed by atoms with van der Waals surface area (Å²) < 4.78 is 43.5. The number of aromatic nitrogens is 3. The summed E-state index contributed by atoms with van der Waals surface area (Å²) in [7, 11) is 0. The van der Waals surface area contributed by atoms with Crippen LogP contribution in [0.4, 0.5) is 13.2 Å². The van der Waals surface area contributed by atoms with Crippen LogP contribution in [0.1, 0.15) is 22.6 Å². The van der Waals surface area contributed by atoms with Gasteiger partial charge >= 0.3 is 6.18 Å². The molecule has 3 rings (SSSR count). The molecule has 1 aliphatic rings. The minimum atomic E-state index is -4.49. The van der Waals surface area contributed by atoms with Crippen LogP contribution in [0.15, 0.2) is 30.7 Å². The van der Waals surface area contributed by atoms with Crippen LogP contribution in [0, 0.1) is 0 Å². The molecule has 24 heavy (non-hydrogen) atoms. The number of alkyl halides is 3. The van der Waals surface area contributed by atoms with Gasteiger partial charge in [0.15, 0.2) is 6.61 Å². The summed E-state index contributed by atoms with van der Waals surface area (Å²) in [5, 5.41) is 2.81. The zero-order valence-corrected chi connectivity index (χ0v) is 12.6. The van der Waals surface area contributed by atoms with E-state index >= 15 is 0 Å². The molecule has 1 unspecified atom stereocenters. The van der Waals surface area contributed by atoms with Crippen LogP contribution in [0.2, 0.25) is 0 Å². The average Bonchev–Trinajstić information content (AvgIpc) is 3.00. The fourth-order valence-electron chi connectivity index (χ4n) is 2.58. The standard InChI is InChI=1S/C15H15F3N4O2/c16-15(17,18)9-24-14-11(2-1-5-20-14)13(23)21-10-3-4-12-19-6-7-22(12)8-10/h1-2,5-7,10H,3-4,8-9H2,(H,21,23). The third kappa shape index (κ3) is 3.84. The van der Waals surface area contributed by atoms with Crippen LogP contribution in [-0.2, 0) is 13.0 Å². The fraction of sp³-hybridized carbons (Fsp3) is 0.400. The van der Waals surface area contributed by atoms with E-state index in [4.69, 9.17) is 0 Å². The number of carbonyl (C=O) groups excluding carboxylic acids is 1. The number of imidazole rings is 1. The van der Waals surface area contributed by atoms with E-state index < -0.39 is 18.7 Å². The number of nitrogens with zero attached hydrogens (tertiary/aromatic N) is 3. The van der Waals surface area contributed by atoms with Crippen molar-refractivity contribution >= 4 is 5.91 Å². The van der Waals surface area contributed by atoms with Crippen molar-refractivity contribution in [1.82, 2.24) is 19.9 Å². The van der Waals surface area contributed by atoms with E-state index in [0.29, 0.717) is 13.0 Å². The number of hydrogen-bond donors (Lipinski definition) is 1. The third-order valence-corrected chi connectivity index (χ3v) is 3.66. The molecular formula is C15H15F3N4O2. The Morgan fingerprint density at radius 2 is 2.21 bits per heavy atom. The molecule has 1 amide bonds. The molecule has 2 aromatic rings.